The topological polar surface area (TPSA) is 51.2 Å². The summed E-state index contributed by atoms with van der Waals surface area (Å²) in [6.45, 7) is 9.39. The van der Waals surface area contributed by atoms with Crippen LogP contribution in [0.1, 0.15) is 56.1 Å². The normalized spacial score (nSPS) is 10.8. The average molecular weight is 284 g/mol. The lowest BCUT2D eigenvalue weighted by Crippen LogP contribution is -2.10. The van der Waals surface area contributed by atoms with Crippen molar-refractivity contribution in [1.82, 2.24) is 4.37 Å². The Morgan fingerprint density at radius 1 is 1.42 bits per heavy atom. The van der Waals surface area contributed by atoms with Gasteiger partial charge in [-0.3, -0.25) is 0 Å². The first kappa shape index (κ1) is 16.0. The molecule has 1 rings (SSSR count). The fourth-order valence-corrected chi connectivity index (χ4v) is 2.62. The molecule has 0 radical (unpaired) electrons. The van der Waals surface area contributed by atoms with Crippen LogP contribution in [-0.4, -0.2) is 23.5 Å². The molecule has 0 bridgehead atoms. The standard InChI is InChI=1S/C14H24N2O2S/c1-5-18-14(17)12-11(4)16-19-13(12)15-9-7-6-8-10(2)3/h10,15H,5-9H2,1-4H3. The van der Waals surface area contributed by atoms with E-state index in [9.17, 15) is 4.79 Å². The van der Waals surface area contributed by atoms with E-state index < -0.39 is 0 Å². The number of nitrogens with one attached hydrogen (secondary N) is 1. The molecule has 0 amide bonds. The number of aryl methyl sites for hydroxylation is 1. The molecule has 0 aliphatic heterocycles. The van der Waals surface area contributed by atoms with Gasteiger partial charge in [-0.25, -0.2) is 4.79 Å². The highest BCUT2D eigenvalue weighted by Crippen LogP contribution is 2.25. The molecule has 108 valence electrons. The minimum atomic E-state index is -0.279. The molecule has 4 nitrogen and oxygen atoms in total. The third-order valence-electron chi connectivity index (χ3n) is 2.84. The lowest BCUT2D eigenvalue weighted by molar-refractivity contribution is 0.0527. The molecular formula is C14H24N2O2S. The minimum Gasteiger partial charge on any atom is -0.462 e. The van der Waals surface area contributed by atoms with Crippen LogP contribution in [0.25, 0.3) is 0 Å². The number of anilines is 1. The summed E-state index contributed by atoms with van der Waals surface area (Å²) in [5, 5.41) is 4.14. The van der Waals surface area contributed by atoms with Crippen molar-refractivity contribution in [2.24, 2.45) is 5.92 Å². The molecule has 0 aromatic carbocycles. The molecule has 19 heavy (non-hydrogen) atoms. The van der Waals surface area contributed by atoms with Crippen molar-refractivity contribution in [1.29, 1.82) is 0 Å². The van der Waals surface area contributed by atoms with Gasteiger partial charge in [-0.2, -0.15) is 4.37 Å². The molecule has 1 heterocycles. The first-order valence-electron chi connectivity index (χ1n) is 6.93. The third-order valence-corrected chi connectivity index (χ3v) is 3.73. The van der Waals surface area contributed by atoms with Crippen LogP contribution in [-0.2, 0) is 4.74 Å². The summed E-state index contributed by atoms with van der Waals surface area (Å²) in [7, 11) is 0. The molecule has 1 aromatic rings. The quantitative estimate of drug-likeness (QED) is 0.581. The van der Waals surface area contributed by atoms with Crippen LogP contribution < -0.4 is 5.32 Å². The van der Waals surface area contributed by atoms with E-state index in [2.05, 4.69) is 23.5 Å². The number of ether oxygens (including phenoxy) is 1. The fraction of sp³-hybridized carbons (Fsp3) is 0.714. The Labute approximate surface area is 119 Å². The van der Waals surface area contributed by atoms with E-state index in [1.165, 1.54) is 24.4 Å². The predicted molar refractivity (Wildman–Crippen MR) is 80.0 cm³/mol. The van der Waals surface area contributed by atoms with E-state index in [0.29, 0.717) is 12.2 Å². The largest absolute Gasteiger partial charge is 0.462 e. The first-order valence-corrected chi connectivity index (χ1v) is 7.70. The summed E-state index contributed by atoms with van der Waals surface area (Å²) in [6, 6.07) is 0. The Kier molecular flexibility index (Phi) is 6.84. The maximum absolute atomic E-state index is 11.8. The maximum Gasteiger partial charge on any atom is 0.343 e. The number of hydrogen-bond donors (Lipinski definition) is 1. The highest BCUT2D eigenvalue weighted by atomic mass is 32.1. The van der Waals surface area contributed by atoms with Crippen molar-refractivity contribution in [2.45, 2.75) is 47.0 Å². The summed E-state index contributed by atoms with van der Waals surface area (Å²) >= 11 is 1.33. The molecule has 1 aromatic heterocycles. The number of carbonyl (C=O) groups is 1. The Balaban J connectivity index is 2.47. The van der Waals surface area contributed by atoms with Gasteiger partial charge in [-0.15, -0.1) is 0 Å². The average Bonchev–Trinajstić information content (AvgIpc) is 2.70. The van der Waals surface area contributed by atoms with E-state index in [-0.39, 0.29) is 5.97 Å². The fourth-order valence-electron chi connectivity index (χ4n) is 1.81. The van der Waals surface area contributed by atoms with E-state index in [1.54, 1.807) is 0 Å². The Morgan fingerprint density at radius 3 is 2.79 bits per heavy atom. The Hall–Kier alpha value is -1.10. The van der Waals surface area contributed by atoms with Crippen LogP contribution in [0.2, 0.25) is 0 Å². The second-order valence-corrected chi connectivity index (χ2v) is 5.78. The molecule has 0 aliphatic carbocycles. The number of aromatic nitrogens is 1. The number of rotatable bonds is 8. The van der Waals surface area contributed by atoms with Gasteiger partial charge in [0, 0.05) is 6.54 Å². The number of unbranched alkanes of at least 4 members (excludes halogenated alkanes) is 1. The van der Waals surface area contributed by atoms with Crippen molar-refractivity contribution in [3.63, 3.8) is 0 Å². The van der Waals surface area contributed by atoms with E-state index in [1.807, 2.05) is 13.8 Å². The number of hydrogen-bond acceptors (Lipinski definition) is 5. The van der Waals surface area contributed by atoms with Gasteiger partial charge in [0.05, 0.1) is 12.3 Å². The molecule has 0 spiro atoms. The summed E-state index contributed by atoms with van der Waals surface area (Å²) in [6.07, 6.45) is 3.56. The lowest BCUT2D eigenvalue weighted by atomic mass is 10.1. The summed E-state index contributed by atoms with van der Waals surface area (Å²) < 4.78 is 9.28. The number of esters is 1. The zero-order valence-electron chi connectivity index (χ0n) is 12.3. The molecule has 0 saturated carbocycles. The third kappa shape index (κ3) is 5.19. The molecule has 5 heteroatoms. The molecule has 0 fully saturated rings. The highest BCUT2D eigenvalue weighted by molar-refractivity contribution is 7.10. The van der Waals surface area contributed by atoms with Gasteiger partial charge in [0.25, 0.3) is 0 Å². The zero-order valence-corrected chi connectivity index (χ0v) is 13.1. The van der Waals surface area contributed by atoms with Crippen LogP contribution in [0, 0.1) is 12.8 Å². The molecular weight excluding hydrogens is 260 g/mol. The lowest BCUT2D eigenvalue weighted by Gasteiger charge is -2.07. The van der Waals surface area contributed by atoms with Gasteiger partial charge in [-0.05, 0) is 37.7 Å². The molecule has 0 aliphatic rings. The van der Waals surface area contributed by atoms with Crippen molar-refractivity contribution in [3.05, 3.63) is 11.3 Å². The van der Waals surface area contributed by atoms with Crippen LogP contribution in [0.15, 0.2) is 0 Å². The van der Waals surface area contributed by atoms with Crippen LogP contribution in [0.5, 0.6) is 0 Å². The van der Waals surface area contributed by atoms with Gasteiger partial charge in [-0.1, -0.05) is 26.7 Å². The Bertz CT molecular complexity index is 402. The van der Waals surface area contributed by atoms with Crippen molar-refractivity contribution in [3.8, 4) is 0 Å². The molecule has 0 unspecified atom stereocenters. The SMILES string of the molecule is CCOC(=O)c1c(C)nsc1NCCCCC(C)C. The smallest absolute Gasteiger partial charge is 0.343 e. The zero-order chi connectivity index (χ0) is 14.3. The summed E-state index contributed by atoms with van der Waals surface area (Å²) in [5.74, 6) is 0.471. The second-order valence-electron chi connectivity index (χ2n) is 5.01. The van der Waals surface area contributed by atoms with Gasteiger partial charge in [0.2, 0.25) is 0 Å². The molecule has 0 saturated heterocycles. The van der Waals surface area contributed by atoms with Gasteiger partial charge in [0.1, 0.15) is 10.6 Å². The molecule has 1 N–H and O–H groups in total. The number of carbonyl (C=O) groups excluding carboxylic acids is 1. The van der Waals surface area contributed by atoms with Crippen molar-refractivity contribution < 1.29 is 9.53 Å². The van der Waals surface area contributed by atoms with E-state index in [0.717, 1.165) is 29.6 Å². The van der Waals surface area contributed by atoms with E-state index in [4.69, 9.17) is 4.74 Å². The van der Waals surface area contributed by atoms with Gasteiger partial charge in [0.15, 0.2) is 0 Å². The van der Waals surface area contributed by atoms with Crippen LogP contribution >= 0.6 is 11.5 Å². The summed E-state index contributed by atoms with van der Waals surface area (Å²) in [5.41, 5.74) is 1.34. The maximum atomic E-state index is 11.8. The van der Waals surface area contributed by atoms with Gasteiger partial charge >= 0.3 is 5.97 Å². The van der Waals surface area contributed by atoms with Crippen LogP contribution in [0.4, 0.5) is 5.00 Å². The predicted octanol–water partition coefficient (Wildman–Crippen LogP) is 3.87. The summed E-state index contributed by atoms with van der Waals surface area (Å²) in [4.78, 5) is 11.8. The van der Waals surface area contributed by atoms with Crippen molar-refractivity contribution >= 4 is 22.5 Å². The highest BCUT2D eigenvalue weighted by Gasteiger charge is 2.19. The minimum absolute atomic E-state index is 0.279. The Morgan fingerprint density at radius 2 is 2.16 bits per heavy atom. The number of nitrogens with zero attached hydrogens (tertiary/aromatic N) is 1. The molecule has 0 atom stereocenters. The van der Waals surface area contributed by atoms with E-state index >= 15 is 0 Å². The second kappa shape index (κ2) is 8.15. The first-order chi connectivity index (χ1) is 9.06. The van der Waals surface area contributed by atoms with Crippen molar-refractivity contribution in [2.75, 3.05) is 18.5 Å². The monoisotopic (exact) mass is 284 g/mol. The van der Waals surface area contributed by atoms with Crippen LogP contribution in [0.3, 0.4) is 0 Å². The van der Waals surface area contributed by atoms with Gasteiger partial charge < -0.3 is 10.1 Å².